The third kappa shape index (κ3) is 2.19. The lowest BCUT2D eigenvalue weighted by Crippen LogP contribution is -3.00. The summed E-state index contributed by atoms with van der Waals surface area (Å²) in [5, 5.41) is 14.0. The molecule has 2 saturated heterocycles. The van der Waals surface area contributed by atoms with Crippen LogP contribution in [0.3, 0.4) is 0 Å². The van der Waals surface area contributed by atoms with Gasteiger partial charge in [0.15, 0.2) is 0 Å². The average Bonchev–Trinajstić information content (AvgIpc) is 3.21. The molecular formula is C23H29ClN2O2. The Bertz CT molecular complexity index is 893. The Balaban J connectivity index is 0.00000192. The van der Waals surface area contributed by atoms with Gasteiger partial charge in [-0.05, 0) is 30.5 Å². The zero-order chi connectivity index (χ0) is 18.8. The molecule has 4 atom stereocenters. The highest BCUT2D eigenvalue weighted by atomic mass is 35.5. The minimum absolute atomic E-state index is 0. The van der Waals surface area contributed by atoms with Crippen molar-refractivity contribution in [2.75, 3.05) is 25.0 Å². The summed E-state index contributed by atoms with van der Waals surface area (Å²) >= 11 is 0. The van der Waals surface area contributed by atoms with Crippen molar-refractivity contribution < 1.29 is 26.8 Å². The molecule has 0 radical (unpaired) electrons. The van der Waals surface area contributed by atoms with Crippen molar-refractivity contribution >= 4 is 12.0 Å². The van der Waals surface area contributed by atoms with Crippen LogP contribution in [0, 0.1) is 5.92 Å². The quantitative estimate of drug-likeness (QED) is 0.341. The number of allylic oxidation sites excluding steroid dienone is 2. The van der Waals surface area contributed by atoms with E-state index in [2.05, 4.69) is 31.3 Å². The largest absolute Gasteiger partial charge is 1.00 e. The van der Waals surface area contributed by atoms with Gasteiger partial charge in [0.2, 0.25) is 0 Å². The number of carbonyl (C=O) groups is 1. The third-order valence-electron chi connectivity index (χ3n) is 7.92. The molecule has 1 spiro atoms. The number of para-hydroxylation sites is 1. The number of rotatable bonds is 4. The van der Waals surface area contributed by atoms with Crippen molar-refractivity contribution in [2.24, 2.45) is 5.92 Å². The van der Waals surface area contributed by atoms with E-state index in [1.54, 1.807) is 6.07 Å². The van der Waals surface area contributed by atoms with Gasteiger partial charge < -0.3 is 27.3 Å². The minimum Gasteiger partial charge on any atom is -1.00 e. The van der Waals surface area contributed by atoms with Crippen molar-refractivity contribution in [1.29, 1.82) is 0 Å². The number of hydrogen-bond donors (Lipinski definition) is 2. The summed E-state index contributed by atoms with van der Waals surface area (Å²) in [5.41, 5.74) is 5.34. The molecule has 150 valence electrons. The minimum atomic E-state index is -0.131. The number of phenolic OH excluding ortho intramolecular Hbond substituents is 1. The molecule has 4 nitrogen and oxygen atoms in total. The number of fused-ring (bicyclic) bond motifs is 2. The normalized spacial score (nSPS) is 35.9. The van der Waals surface area contributed by atoms with Crippen LogP contribution in [-0.4, -0.2) is 41.6 Å². The Labute approximate surface area is 173 Å². The molecular weight excluding hydrogens is 372 g/mol. The Morgan fingerprint density at radius 1 is 1.39 bits per heavy atom. The van der Waals surface area contributed by atoms with Crippen LogP contribution in [0.25, 0.3) is 0 Å². The molecule has 0 saturated carbocycles. The molecule has 1 aromatic rings. The first-order valence-corrected chi connectivity index (χ1v) is 10.4. The molecule has 5 heteroatoms. The monoisotopic (exact) mass is 400 g/mol. The summed E-state index contributed by atoms with van der Waals surface area (Å²) in [4.78, 5) is 12.2. The summed E-state index contributed by atoms with van der Waals surface area (Å²) in [7, 11) is 0. The number of quaternary nitrogens is 1. The average molecular weight is 401 g/mol. The summed E-state index contributed by atoms with van der Waals surface area (Å²) in [5.74, 6) is 0.531. The van der Waals surface area contributed by atoms with Gasteiger partial charge in [-0.3, -0.25) is 4.79 Å². The maximum absolute atomic E-state index is 12.2. The molecule has 28 heavy (non-hydrogen) atoms. The zero-order valence-corrected chi connectivity index (χ0v) is 17.4. The molecule has 1 unspecified atom stereocenters. The van der Waals surface area contributed by atoms with E-state index < -0.39 is 0 Å². The van der Waals surface area contributed by atoms with E-state index in [0.717, 1.165) is 53.7 Å². The molecule has 1 aromatic carbocycles. The molecule has 2 fully saturated rings. The number of nitrogens with zero attached hydrogens (tertiary/aromatic N) is 1. The van der Waals surface area contributed by atoms with Gasteiger partial charge in [0.1, 0.15) is 24.6 Å². The number of piperidine rings is 1. The first kappa shape index (κ1) is 19.5. The second-order valence-corrected chi connectivity index (χ2v) is 8.84. The first-order chi connectivity index (χ1) is 13.1. The molecule has 0 aromatic heterocycles. The van der Waals surface area contributed by atoms with Crippen LogP contribution >= 0.6 is 0 Å². The standard InChI is InChI=1S/C23H28N2O2.ClH/c1-3-5-10-25-11-9-23-18-7-6-8-19(27)21(18)24-22(23)17(14-26)16(12-20(23)25)15(4-2)13-25;/h4,6-8,14,16,20H,3,5,9-13H2,1-2H3,(H-,24,26,27);1H/t16-,20-,23+,25?;/m0./s1. The number of aromatic hydroxyl groups is 1. The third-order valence-corrected chi connectivity index (χ3v) is 7.92. The number of hydrogen-bond acceptors (Lipinski definition) is 3. The van der Waals surface area contributed by atoms with Gasteiger partial charge in [0.05, 0.1) is 24.2 Å². The van der Waals surface area contributed by atoms with Crippen LogP contribution in [0.5, 0.6) is 5.75 Å². The molecule has 3 aliphatic heterocycles. The molecule has 2 bridgehead atoms. The van der Waals surface area contributed by atoms with E-state index in [1.165, 1.54) is 30.5 Å². The van der Waals surface area contributed by atoms with Crippen molar-refractivity contribution in [3.05, 3.63) is 46.7 Å². The van der Waals surface area contributed by atoms with E-state index in [4.69, 9.17) is 0 Å². The van der Waals surface area contributed by atoms with Gasteiger partial charge >= 0.3 is 0 Å². The number of phenols is 1. The SMILES string of the molecule is CC=C1C[N+]2(CCCC)CC[C@]34C(=C(C=O)[C@H]1C[C@@H]32)Nc1c(O)cccc14.[Cl-]. The number of aldehydes is 1. The highest BCUT2D eigenvalue weighted by Crippen LogP contribution is 2.64. The van der Waals surface area contributed by atoms with Gasteiger partial charge in [0.25, 0.3) is 0 Å². The number of anilines is 1. The van der Waals surface area contributed by atoms with Crippen molar-refractivity contribution in [3.63, 3.8) is 0 Å². The summed E-state index contributed by atoms with van der Waals surface area (Å²) in [6.07, 6.45) is 7.91. The predicted octanol–water partition coefficient (Wildman–Crippen LogP) is 0.882. The van der Waals surface area contributed by atoms with Gasteiger partial charge in [-0.1, -0.05) is 31.6 Å². The molecule has 2 N–H and O–H groups in total. The summed E-state index contributed by atoms with van der Waals surface area (Å²) < 4.78 is 1.15. The van der Waals surface area contributed by atoms with Gasteiger partial charge in [0, 0.05) is 30.0 Å². The lowest BCUT2D eigenvalue weighted by molar-refractivity contribution is -0.941. The van der Waals surface area contributed by atoms with Crippen LogP contribution in [0.15, 0.2) is 41.1 Å². The fourth-order valence-corrected chi connectivity index (χ4v) is 6.76. The topological polar surface area (TPSA) is 49.3 Å². The summed E-state index contributed by atoms with van der Waals surface area (Å²) in [6, 6.07) is 6.37. The first-order valence-electron chi connectivity index (χ1n) is 10.4. The molecule has 3 heterocycles. The second kappa shape index (κ2) is 6.64. The zero-order valence-electron chi connectivity index (χ0n) is 16.7. The van der Waals surface area contributed by atoms with Gasteiger partial charge in [-0.25, -0.2) is 0 Å². The van der Waals surface area contributed by atoms with E-state index in [9.17, 15) is 9.90 Å². The van der Waals surface area contributed by atoms with Gasteiger partial charge in [-0.15, -0.1) is 0 Å². The Morgan fingerprint density at radius 3 is 2.93 bits per heavy atom. The Morgan fingerprint density at radius 2 is 2.21 bits per heavy atom. The fourth-order valence-electron chi connectivity index (χ4n) is 6.76. The maximum atomic E-state index is 12.2. The van der Waals surface area contributed by atoms with Crippen LogP contribution in [0.2, 0.25) is 0 Å². The smallest absolute Gasteiger partial charge is 0.148 e. The van der Waals surface area contributed by atoms with Crippen LogP contribution < -0.4 is 17.7 Å². The molecule has 1 aliphatic carbocycles. The van der Waals surface area contributed by atoms with Crippen LogP contribution in [0.4, 0.5) is 5.69 Å². The van der Waals surface area contributed by atoms with E-state index >= 15 is 0 Å². The van der Waals surface area contributed by atoms with E-state index in [1.807, 2.05) is 6.07 Å². The van der Waals surface area contributed by atoms with Crippen molar-refractivity contribution in [1.82, 2.24) is 0 Å². The van der Waals surface area contributed by atoms with Gasteiger partial charge in [-0.2, -0.15) is 0 Å². The van der Waals surface area contributed by atoms with Crippen LogP contribution in [-0.2, 0) is 10.2 Å². The lowest BCUT2D eigenvalue weighted by atomic mass is 9.61. The van der Waals surface area contributed by atoms with E-state index in [0.29, 0.717) is 11.8 Å². The number of halogens is 1. The number of carbonyl (C=O) groups excluding carboxylic acids is 1. The fraction of sp³-hybridized carbons (Fsp3) is 0.522. The number of benzene rings is 1. The Kier molecular flexibility index (Phi) is 4.63. The van der Waals surface area contributed by atoms with E-state index in [-0.39, 0.29) is 23.7 Å². The van der Waals surface area contributed by atoms with Crippen molar-refractivity contribution in [2.45, 2.75) is 51.0 Å². The predicted molar refractivity (Wildman–Crippen MR) is 107 cm³/mol. The Hall–Kier alpha value is -1.78. The molecule has 5 rings (SSSR count). The maximum Gasteiger partial charge on any atom is 0.148 e. The number of nitrogens with one attached hydrogen (secondary N) is 1. The molecule has 4 aliphatic rings. The second-order valence-electron chi connectivity index (χ2n) is 8.84. The highest BCUT2D eigenvalue weighted by Gasteiger charge is 2.68. The summed E-state index contributed by atoms with van der Waals surface area (Å²) in [6.45, 7) is 7.84. The number of unbranched alkanes of at least 4 members (excludes halogenated alkanes) is 1. The molecule has 0 amide bonds. The lowest BCUT2D eigenvalue weighted by Gasteiger charge is -2.53. The highest BCUT2D eigenvalue weighted by molar-refractivity contribution is 5.85. The van der Waals surface area contributed by atoms with Crippen molar-refractivity contribution in [3.8, 4) is 5.75 Å². The van der Waals surface area contributed by atoms with Crippen LogP contribution in [0.1, 0.15) is 45.1 Å².